The van der Waals surface area contributed by atoms with E-state index in [1.165, 1.54) is 0 Å². The molecular formula is C34H32O4. The van der Waals surface area contributed by atoms with Crippen LogP contribution in [0.2, 0.25) is 0 Å². The molecule has 0 aliphatic carbocycles. The van der Waals surface area contributed by atoms with E-state index in [2.05, 4.69) is 48.6 Å². The van der Waals surface area contributed by atoms with Crippen molar-refractivity contribution in [3.63, 3.8) is 0 Å². The average molecular weight is 505 g/mol. The molecule has 0 amide bonds. The second-order valence-electron chi connectivity index (χ2n) is 9.06. The Morgan fingerprint density at radius 3 is 0.868 bits per heavy atom. The number of benzene rings is 4. The van der Waals surface area contributed by atoms with Crippen molar-refractivity contribution in [1.82, 2.24) is 0 Å². The van der Waals surface area contributed by atoms with Gasteiger partial charge in [-0.15, -0.1) is 0 Å². The fraction of sp³-hybridized carbons (Fsp3) is 0.176. The van der Waals surface area contributed by atoms with E-state index >= 15 is 0 Å². The predicted octanol–water partition coefficient (Wildman–Crippen LogP) is 8.04. The summed E-state index contributed by atoms with van der Waals surface area (Å²) >= 11 is 0. The molecule has 0 N–H and O–H groups in total. The molecule has 0 aromatic heterocycles. The first kappa shape index (κ1) is 25.2. The van der Waals surface area contributed by atoms with Crippen molar-refractivity contribution in [2.45, 2.75) is 12.8 Å². The zero-order valence-corrected chi connectivity index (χ0v) is 21.4. The lowest BCUT2D eigenvalue weighted by molar-refractivity contribution is 0.247. The maximum Gasteiger partial charge on any atom is 0.119 e. The van der Waals surface area contributed by atoms with Gasteiger partial charge in [0.05, 0.1) is 26.4 Å². The van der Waals surface area contributed by atoms with Gasteiger partial charge < -0.3 is 18.9 Å². The van der Waals surface area contributed by atoms with Gasteiger partial charge in [0.2, 0.25) is 0 Å². The van der Waals surface area contributed by atoms with Crippen molar-refractivity contribution in [3.8, 4) is 23.0 Å². The van der Waals surface area contributed by atoms with E-state index in [1.807, 2.05) is 72.8 Å². The van der Waals surface area contributed by atoms with Gasteiger partial charge in [0.25, 0.3) is 0 Å². The Hall–Kier alpha value is -4.44. The maximum atomic E-state index is 5.97. The normalized spacial score (nSPS) is 16.0. The van der Waals surface area contributed by atoms with Crippen LogP contribution in [0.1, 0.15) is 35.1 Å². The second-order valence-corrected chi connectivity index (χ2v) is 9.06. The Kier molecular flexibility index (Phi) is 8.76. The molecule has 0 fully saturated rings. The van der Waals surface area contributed by atoms with Crippen LogP contribution in [0.15, 0.2) is 97.1 Å². The van der Waals surface area contributed by atoms with Crippen molar-refractivity contribution in [2.75, 3.05) is 26.4 Å². The minimum absolute atomic E-state index is 0.588. The van der Waals surface area contributed by atoms with Crippen molar-refractivity contribution in [1.29, 1.82) is 0 Å². The molecule has 4 aromatic rings. The quantitative estimate of drug-likeness (QED) is 0.243. The Balaban J connectivity index is 1.30. The second kappa shape index (κ2) is 13.2. The zero-order chi connectivity index (χ0) is 25.8. The molecule has 4 aromatic carbocycles. The highest BCUT2D eigenvalue weighted by molar-refractivity contribution is 5.71. The standard InChI is InChI=1S/C34H32O4/c1-7-27-15-16-28-8-2-12-32(24-28)37-21-6-22-38-34-14-4-10-30(26-34)18-17-29-9-3-13-33(25-29)36-20-5-19-35-31(11-1)23-27/h1-4,7-18,23-26H,5-6,19-22H2/b16-15-,18-17+. The third-order valence-electron chi connectivity index (χ3n) is 6.02. The SMILES string of the molecule is C1=C\c2cccc(c2)OCCCOc2cccc(c2)/C=C/c2cccc(c2)OCCCOc2cccc/1c2. The minimum Gasteiger partial charge on any atom is -0.493 e. The summed E-state index contributed by atoms with van der Waals surface area (Å²) in [5, 5.41) is 0. The summed E-state index contributed by atoms with van der Waals surface area (Å²) in [5.41, 5.74) is 4.32. The first-order valence-electron chi connectivity index (χ1n) is 13.1. The zero-order valence-electron chi connectivity index (χ0n) is 21.4. The van der Waals surface area contributed by atoms with E-state index in [0.29, 0.717) is 26.4 Å². The van der Waals surface area contributed by atoms with Crippen LogP contribution >= 0.6 is 0 Å². The molecule has 1 heterocycles. The van der Waals surface area contributed by atoms with Gasteiger partial charge in [-0.1, -0.05) is 72.8 Å². The van der Waals surface area contributed by atoms with Gasteiger partial charge in [0.1, 0.15) is 23.0 Å². The molecule has 4 heteroatoms. The first-order valence-corrected chi connectivity index (χ1v) is 13.1. The molecule has 0 spiro atoms. The Morgan fingerprint density at radius 2 is 0.605 bits per heavy atom. The van der Waals surface area contributed by atoms with Crippen LogP contribution in [-0.2, 0) is 0 Å². The summed E-state index contributed by atoms with van der Waals surface area (Å²) in [5.74, 6) is 3.40. The van der Waals surface area contributed by atoms with Crippen LogP contribution in [0.5, 0.6) is 23.0 Å². The van der Waals surface area contributed by atoms with Crippen LogP contribution in [0.25, 0.3) is 24.3 Å². The lowest BCUT2D eigenvalue weighted by Gasteiger charge is -2.10. The Bertz CT molecular complexity index is 1180. The lowest BCUT2D eigenvalue weighted by Crippen LogP contribution is -2.05. The number of fused-ring (bicyclic) bond motifs is 8. The van der Waals surface area contributed by atoms with Gasteiger partial charge >= 0.3 is 0 Å². The molecule has 0 unspecified atom stereocenters. The Morgan fingerprint density at radius 1 is 0.342 bits per heavy atom. The molecule has 192 valence electrons. The molecule has 0 saturated carbocycles. The summed E-state index contributed by atoms with van der Waals surface area (Å²) < 4.78 is 23.9. The molecule has 0 atom stereocenters. The lowest BCUT2D eigenvalue weighted by atomic mass is 10.1. The van der Waals surface area contributed by atoms with Crippen molar-refractivity contribution in [2.24, 2.45) is 0 Å². The number of hydrogen-bond donors (Lipinski definition) is 0. The van der Waals surface area contributed by atoms with Gasteiger partial charge in [-0.3, -0.25) is 0 Å². The fourth-order valence-corrected chi connectivity index (χ4v) is 4.09. The van der Waals surface area contributed by atoms with E-state index < -0.39 is 0 Å². The topological polar surface area (TPSA) is 36.9 Å². The molecule has 0 saturated heterocycles. The molecule has 38 heavy (non-hydrogen) atoms. The van der Waals surface area contributed by atoms with Crippen LogP contribution in [0.4, 0.5) is 0 Å². The van der Waals surface area contributed by atoms with Gasteiger partial charge in [-0.25, -0.2) is 0 Å². The summed E-state index contributed by atoms with van der Waals surface area (Å²) in [6, 6.07) is 32.4. The fourth-order valence-electron chi connectivity index (χ4n) is 4.09. The molecule has 5 rings (SSSR count). The highest BCUT2D eigenvalue weighted by atomic mass is 16.5. The van der Waals surface area contributed by atoms with Crippen LogP contribution < -0.4 is 18.9 Å². The van der Waals surface area contributed by atoms with E-state index in [9.17, 15) is 0 Å². The predicted molar refractivity (Wildman–Crippen MR) is 155 cm³/mol. The average Bonchev–Trinajstić information content (AvgIpc) is 2.95. The largest absolute Gasteiger partial charge is 0.493 e. The van der Waals surface area contributed by atoms with Gasteiger partial charge in [0.15, 0.2) is 0 Å². The van der Waals surface area contributed by atoms with Crippen molar-refractivity contribution >= 4 is 24.3 Å². The van der Waals surface area contributed by atoms with E-state index in [-0.39, 0.29) is 0 Å². The van der Waals surface area contributed by atoms with E-state index in [4.69, 9.17) is 18.9 Å². The third kappa shape index (κ3) is 7.78. The van der Waals surface area contributed by atoms with E-state index in [0.717, 1.165) is 58.1 Å². The van der Waals surface area contributed by atoms with Crippen LogP contribution in [0, 0.1) is 0 Å². The summed E-state index contributed by atoms with van der Waals surface area (Å²) in [6.45, 7) is 2.35. The van der Waals surface area contributed by atoms with Gasteiger partial charge in [0, 0.05) is 12.8 Å². The van der Waals surface area contributed by atoms with Crippen molar-refractivity contribution in [3.05, 3.63) is 119 Å². The highest BCUT2D eigenvalue weighted by Gasteiger charge is 2.01. The molecule has 1 aliphatic rings. The highest BCUT2D eigenvalue weighted by Crippen LogP contribution is 2.21. The summed E-state index contributed by atoms with van der Waals surface area (Å²) in [7, 11) is 0. The molecule has 8 bridgehead atoms. The van der Waals surface area contributed by atoms with E-state index in [1.54, 1.807) is 0 Å². The Labute approximate surface area is 224 Å². The number of ether oxygens (including phenoxy) is 4. The minimum atomic E-state index is 0.588. The molecule has 0 radical (unpaired) electrons. The van der Waals surface area contributed by atoms with Gasteiger partial charge in [-0.2, -0.15) is 0 Å². The van der Waals surface area contributed by atoms with Crippen LogP contribution in [-0.4, -0.2) is 26.4 Å². The number of hydrogen-bond acceptors (Lipinski definition) is 4. The monoisotopic (exact) mass is 504 g/mol. The molecular weight excluding hydrogens is 472 g/mol. The maximum absolute atomic E-state index is 5.97. The number of rotatable bonds is 0. The molecule has 1 aliphatic heterocycles. The van der Waals surface area contributed by atoms with Gasteiger partial charge in [-0.05, 0) is 70.8 Å². The molecule has 4 nitrogen and oxygen atoms in total. The first-order chi connectivity index (χ1) is 18.8. The third-order valence-corrected chi connectivity index (χ3v) is 6.02. The summed E-state index contributed by atoms with van der Waals surface area (Å²) in [6.07, 6.45) is 9.93. The van der Waals surface area contributed by atoms with Crippen molar-refractivity contribution < 1.29 is 18.9 Å². The summed E-state index contributed by atoms with van der Waals surface area (Å²) in [4.78, 5) is 0. The van der Waals surface area contributed by atoms with Crippen LogP contribution in [0.3, 0.4) is 0 Å². The smallest absolute Gasteiger partial charge is 0.119 e.